The summed E-state index contributed by atoms with van der Waals surface area (Å²) in [6.07, 6.45) is -1.67. The van der Waals surface area contributed by atoms with Crippen molar-refractivity contribution in [3.63, 3.8) is 0 Å². The van der Waals surface area contributed by atoms with Crippen LogP contribution in [0.5, 0.6) is 0 Å². The number of aryl methyl sites for hydroxylation is 1. The van der Waals surface area contributed by atoms with Crippen molar-refractivity contribution in [1.29, 1.82) is 0 Å². The predicted octanol–water partition coefficient (Wildman–Crippen LogP) is 6.28. The molecule has 3 N–H and O–H groups in total. The van der Waals surface area contributed by atoms with Gasteiger partial charge in [-0.15, -0.1) is 0 Å². The normalized spacial score (nSPS) is 14.3. The molecule has 0 unspecified atom stereocenters. The Bertz CT molecular complexity index is 1520. The van der Waals surface area contributed by atoms with Gasteiger partial charge in [0.25, 0.3) is 11.8 Å². The smallest absolute Gasteiger partial charge is 0.411 e. The van der Waals surface area contributed by atoms with E-state index in [4.69, 9.17) is 23.2 Å². The van der Waals surface area contributed by atoms with Gasteiger partial charge in [0.15, 0.2) is 11.5 Å². The highest BCUT2D eigenvalue weighted by molar-refractivity contribution is 6.36. The summed E-state index contributed by atoms with van der Waals surface area (Å²) in [5.41, 5.74) is -1.61. The van der Waals surface area contributed by atoms with Crippen LogP contribution in [0.15, 0.2) is 35.6 Å². The van der Waals surface area contributed by atoms with Crippen LogP contribution in [0.4, 0.5) is 18.9 Å². The molecule has 212 valence electrons. The lowest BCUT2D eigenvalue weighted by atomic mass is 9.93. The maximum atomic E-state index is 13.7. The Balaban J connectivity index is 1.87. The molecule has 0 spiro atoms. The second-order valence-corrected chi connectivity index (χ2v) is 10.3. The molecule has 0 atom stereocenters. The van der Waals surface area contributed by atoms with E-state index in [1.165, 1.54) is 24.4 Å². The molecule has 2 amide bonds. The Kier molecular flexibility index (Phi) is 8.13. The number of carbonyl (C=O) groups excluding carboxylic acids is 2. The first kappa shape index (κ1) is 29.3. The van der Waals surface area contributed by atoms with Crippen LogP contribution in [0.1, 0.15) is 77.7 Å². The van der Waals surface area contributed by atoms with E-state index < -0.39 is 34.9 Å². The number of fused-ring (bicyclic) bond motifs is 1. The number of nitrogens with zero attached hydrogens (tertiary/aromatic N) is 4. The van der Waals surface area contributed by atoms with Gasteiger partial charge in [0.2, 0.25) is 0 Å². The van der Waals surface area contributed by atoms with Gasteiger partial charge in [-0.05, 0) is 56.4 Å². The molecule has 0 aliphatic heterocycles. The number of rotatable bonds is 7. The highest BCUT2D eigenvalue weighted by Gasteiger charge is 2.38. The van der Waals surface area contributed by atoms with Crippen LogP contribution in [0.3, 0.4) is 0 Å². The van der Waals surface area contributed by atoms with E-state index in [9.17, 15) is 28.0 Å². The molecule has 0 radical (unpaired) electrons. The van der Waals surface area contributed by atoms with Gasteiger partial charge < -0.3 is 15.8 Å². The fourth-order valence-corrected chi connectivity index (χ4v) is 4.85. The van der Waals surface area contributed by atoms with E-state index in [0.717, 1.165) is 0 Å². The summed E-state index contributed by atoms with van der Waals surface area (Å²) >= 11 is 12.7. The van der Waals surface area contributed by atoms with Crippen LogP contribution in [-0.4, -0.2) is 43.0 Å². The molecule has 1 aliphatic carbocycles. The zero-order valence-electron chi connectivity index (χ0n) is 21.7. The zero-order valence-corrected chi connectivity index (χ0v) is 23.2. The number of pyridine rings is 1. The first-order chi connectivity index (χ1) is 18.8. The standard InChI is InChI=1S/C26H25Cl2F3N6O3/c1-4-25(3,5-2)34-24(39)20-19-13(8-9-16(19)36-40)11-15(28)21(20)33-23(38)17-12-18(26(29,30)31)35-37(17)22-14(27)7-6-10-32-22/h6-7,10-12,40H,4-5,8-9H2,1-3H3,(H,33,38)(H,34,39)/b36-16+. The van der Waals surface area contributed by atoms with Crippen LogP contribution in [0.2, 0.25) is 10.0 Å². The molecule has 40 heavy (non-hydrogen) atoms. The molecule has 4 rings (SSSR count). The summed E-state index contributed by atoms with van der Waals surface area (Å²) in [5, 5.41) is 21.9. The van der Waals surface area contributed by atoms with Gasteiger partial charge in [0, 0.05) is 23.4 Å². The number of oxime groups is 1. The van der Waals surface area contributed by atoms with Crippen molar-refractivity contribution in [1.82, 2.24) is 20.1 Å². The van der Waals surface area contributed by atoms with Crippen molar-refractivity contribution in [2.75, 3.05) is 5.32 Å². The third-order valence-corrected chi connectivity index (χ3v) is 7.61. The third kappa shape index (κ3) is 5.50. The van der Waals surface area contributed by atoms with Crippen molar-refractivity contribution < 1.29 is 28.0 Å². The van der Waals surface area contributed by atoms with Crippen molar-refractivity contribution in [2.45, 2.75) is 58.2 Å². The second-order valence-electron chi connectivity index (χ2n) is 9.50. The Morgan fingerprint density at radius 2 is 1.82 bits per heavy atom. The minimum absolute atomic E-state index is 0.0240. The molecule has 9 nitrogen and oxygen atoms in total. The lowest BCUT2D eigenvalue weighted by Gasteiger charge is -2.29. The van der Waals surface area contributed by atoms with Crippen LogP contribution >= 0.6 is 23.2 Å². The average Bonchev–Trinajstić information content (AvgIpc) is 3.53. The maximum Gasteiger partial charge on any atom is 0.435 e. The number of hydrogen-bond donors (Lipinski definition) is 3. The van der Waals surface area contributed by atoms with E-state index in [-0.39, 0.29) is 32.8 Å². The molecule has 3 aromatic rings. The molecular weight excluding hydrogens is 572 g/mol. The Morgan fingerprint density at radius 3 is 2.42 bits per heavy atom. The Morgan fingerprint density at radius 1 is 1.12 bits per heavy atom. The van der Waals surface area contributed by atoms with E-state index in [1.54, 1.807) is 0 Å². The highest BCUT2D eigenvalue weighted by atomic mass is 35.5. The molecule has 2 aromatic heterocycles. The molecule has 1 aromatic carbocycles. The number of halogens is 5. The molecule has 2 heterocycles. The van der Waals surface area contributed by atoms with Crippen LogP contribution in [0.25, 0.3) is 5.82 Å². The molecule has 0 saturated heterocycles. The van der Waals surface area contributed by atoms with E-state index in [1.807, 2.05) is 20.8 Å². The molecule has 14 heteroatoms. The van der Waals surface area contributed by atoms with Gasteiger partial charge in [-0.2, -0.15) is 18.3 Å². The van der Waals surface area contributed by atoms with Crippen LogP contribution in [-0.2, 0) is 12.6 Å². The first-order valence-corrected chi connectivity index (χ1v) is 13.1. The molecule has 0 bridgehead atoms. The highest BCUT2D eigenvalue weighted by Crippen LogP contribution is 2.38. The number of alkyl halides is 3. The number of hydrogen-bond acceptors (Lipinski definition) is 6. The summed E-state index contributed by atoms with van der Waals surface area (Å²) < 4.78 is 41.5. The molecular formula is C26H25Cl2F3N6O3. The monoisotopic (exact) mass is 596 g/mol. The molecule has 1 aliphatic rings. The Labute approximate surface area is 237 Å². The van der Waals surface area contributed by atoms with Crippen molar-refractivity contribution >= 4 is 46.4 Å². The van der Waals surface area contributed by atoms with Crippen molar-refractivity contribution in [2.24, 2.45) is 5.16 Å². The largest absolute Gasteiger partial charge is 0.435 e. The fourth-order valence-electron chi connectivity index (χ4n) is 4.37. The van der Waals surface area contributed by atoms with Gasteiger partial charge in [0.1, 0.15) is 5.69 Å². The summed E-state index contributed by atoms with van der Waals surface area (Å²) in [4.78, 5) is 31.2. The van der Waals surface area contributed by atoms with Crippen molar-refractivity contribution in [3.8, 4) is 5.82 Å². The Hall–Kier alpha value is -3.64. The van der Waals surface area contributed by atoms with Gasteiger partial charge >= 0.3 is 6.18 Å². The SMILES string of the molecule is CCC(C)(CC)NC(=O)c1c(NC(=O)c2cc(C(F)(F)F)nn2-c2ncccc2Cl)c(Cl)cc2c1/C(=N/O)CC2. The number of nitrogens with one attached hydrogen (secondary N) is 2. The number of anilines is 1. The minimum Gasteiger partial charge on any atom is -0.411 e. The van der Waals surface area contributed by atoms with E-state index >= 15 is 0 Å². The predicted molar refractivity (Wildman–Crippen MR) is 144 cm³/mol. The molecule has 0 saturated carbocycles. The first-order valence-electron chi connectivity index (χ1n) is 12.3. The van der Waals surface area contributed by atoms with Gasteiger partial charge in [0.05, 0.1) is 27.0 Å². The summed E-state index contributed by atoms with van der Waals surface area (Å²) in [7, 11) is 0. The fraction of sp³-hybridized carbons (Fsp3) is 0.346. The lowest BCUT2D eigenvalue weighted by molar-refractivity contribution is -0.141. The number of aromatic nitrogens is 3. The second kappa shape index (κ2) is 11.1. The number of benzene rings is 1. The van der Waals surface area contributed by atoms with E-state index in [2.05, 4.69) is 25.9 Å². The average molecular weight is 597 g/mol. The summed E-state index contributed by atoms with van der Waals surface area (Å²) in [6, 6.07) is 4.92. The van der Waals surface area contributed by atoms with Gasteiger partial charge in [-0.1, -0.05) is 42.2 Å². The summed E-state index contributed by atoms with van der Waals surface area (Å²) in [6.45, 7) is 5.65. The third-order valence-electron chi connectivity index (χ3n) is 7.02. The van der Waals surface area contributed by atoms with Gasteiger partial charge in [-0.25, -0.2) is 9.67 Å². The number of amides is 2. The van der Waals surface area contributed by atoms with Crippen LogP contribution in [0, 0.1) is 0 Å². The lowest BCUT2D eigenvalue weighted by Crippen LogP contribution is -2.45. The topological polar surface area (TPSA) is 122 Å². The molecule has 0 fully saturated rings. The van der Waals surface area contributed by atoms with E-state index in [0.29, 0.717) is 47.6 Å². The quantitative estimate of drug-likeness (QED) is 0.219. The van der Waals surface area contributed by atoms with Crippen molar-refractivity contribution in [3.05, 3.63) is 68.6 Å². The summed E-state index contributed by atoms with van der Waals surface area (Å²) in [5.74, 6) is -1.87. The maximum absolute atomic E-state index is 13.7. The number of carbonyl (C=O) groups is 2. The van der Waals surface area contributed by atoms with Gasteiger partial charge in [-0.3, -0.25) is 9.59 Å². The van der Waals surface area contributed by atoms with Crippen LogP contribution < -0.4 is 10.6 Å². The minimum atomic E-state index is -4.88. The zero-order chi connectivity index (χ0) is 29.4.